The minimum Gasteiger partial charge on any atom is -0.478 e. The number of imidazole rings is 1. The molecule has 11 heteroatoms. The van der Waals surface area contributed by atoms with E-state index in [1.165, 1.54) is 42.7 Å². The maximum absolute atomic E-state index is 14.7. The molecule has 0 saturated carbocycles. The zero-order valence-electron chi connectivity index (χ0n) is 17.0. The minimum absolute atomic E-state index is 0.0210. The van der Waals surface area contributed by atoms with Gasteiger partial charge in [-0.25, -0.2) is 18.6 Å². The standard InChI is InChI=1S/C22H16ClF2N5O3/c1-10-16(9-27-30-10)14-4-2-11(18(24)19(14)25)6-13-8-26-20(28-13)21(31)29-12-3-5-15(22(32)33)17(23)7-12/h2-5,7-9H,6H2,1H3,(H,26,28)(H,27,30)(H,29,31)(H,32,33). The van der Waals surface area contributed by atoms with Crippen LogP contribution in [0.1, 0.15) is 37.9 Å². The van der Waals surface area contributed by atoms with E-state index >= 15 is 0 Å². The number of carboxylic acids is 1. The van der Waals surface area contributed by atoms with Crippen LogP contribution in [0, 0.1) is 18.6 Å². The molecule has 0 aliphatic heterocycles. The second kappa shape index (κ2) is 8.83. The number of aromatic carboxylic acids is 1. The lowest BCUT2D eigenvalue weighted by Crippen LogP contribution is -2.14. The van der Waals surface area contributed by atoms with E-state index in [1.54, 1.807) is 6.92 Å². The predicted octanol–water partition coefficient (Wildman–Crippen LogP) is 4.58. The van der Waals surface area contributed by atoms with E-state index in [4.69, 9.17) is 16.7 Å². The van der Waals surface area contributed by atoms with E-state index in [1.807, 2.05) is 0 Å². The number of benzene rings is 2. The lowest BCUT2D eigenvalue weighted by Gasteiger charge is -2.08. The maximum atomic E-state index is 14.7. The largest absolute Gasteiger partial charge is 0.478 e. The fraction of sp³-hybridized carbons (Fsp3) is 0.0909. The van der Waals surface area contributed by atoms with E-state index in [2.05, 4.69) is 25.5 Å². The molecule has 4 rings (SSSR count). The molecule has 0 bridgehead atoms. The average Bonchev–Trinajstić information content (AvgIpc) is 3.40. The number of rotatable bonds is 6. The number of hydrogen-bond donors (Lipinski definition) is 4. The molecule has 4 aromatic rings. The van der Waals surface area contributed by atoms with Gasteiger partial charge in [-0.15, -0.1) is 0 Å². The Balaban J connectivity index is 1.49. The Hall–Kier alpha value is -4.05. The topological polar surface area (TPSA) is 124 Å². The van der Waals surface area contributed by atoms with Gasteiger partial charge < -0.3 is 15.4 Å². The molecule has 0 aliphatic carbocycles. The van der Waals surface area contributed by atoms with Crippen molar-refractivity contribution in [3.8, 4) is 11.1 Å². The Morgan fingerprint density at radius 2 is 1.94 bits per heavy atom. The molecule has 8 nitrogen and oxygen atoms in total. The normalized spacial score (nSPS) is 10.9. The summed E-state index contributed by atoms with van der Waals surface area (Å²) in [5.74, 6) is -3.85. The van der Waals surface area contributed by atoms with Gasteiger partial charge in [0.2, 0.25) is 0 Å². The number of amides is 1. The second-order valence-corrected chi connectivity index (χ2v) is 7.58. The number of carbonyl (C=O) groups is 2. The van der Waals surface area contributed by atoms with E-state index in [9.17, 15) is 18.4 Å². The van der Waals surface area contributed by atoms with E-state index in [0.29, 0.717) is 17.0 Å². The fourth-order valence-corrected chi connectivity index (χ4v) is 3.55. The van der Waals surface area contributed by atoms with Crippen LogP contribution in [0.3, 0.4) is 0 Å². The highest BCUT2D eigenvalue weighted by Gasteiger charge is 2.19. The van der Waals surface area contributed by atoms with Crippen LogP contribution in [0.4, 0.5) is 14.5 Å². The molecule has 0 saturated heterocycles. The first-order valence-electron chi connectivity index (χ1n) is 9.60. The number of aromatic amines is 2. The van der Waals surface area contributed by atoms with Crippen molar-refractivity contribution in [1.82, 2.24) is 20.2 Å². The third kappa shape index (κ3) is 4.46. The Bertz CT molecular complexity index is 1380. The summed E-state index contributed by atoms with van der Waals surface area (Å²) in [6.07, 6.45) is 2.82. The molecule has 0 radical (unpaired) electrons. The van der Waals surface area contributed by atoms with Gasteiger partial charge in [-0.05, 0) is 30.7 Å². The average molecular weight is 472 g/mol. The second-order valence-electron chi connectivity index (χ2n) is 7.17. The summed E-state index contributed by atoms with van der Waals surface area (Å²) in [4.78, 5) is 30.2. The van der Waals surface area contributed by atoms with Crippen LogP contribution >= 0.6 is 11.6 Å². The van der Waals surface area contributed by atoms with Gasteiger partial charge in [0.25, 0.3) is 5.91 Å². The summed E-state index contributed by atoms with van der Waals surface area (Å²) in [5.41, 5.74) is 1.76. The molecule has 0 spiro atoms. The van der Waals surface area contributed by atoms with Gasteiger partial charge in [-0.3, -0.25) is 9.89 Å². The highest BCUT2D eigenvalue weighted by atomic mass is 35.5. The van der Waals surface area contributed by atoms with E-state index in [-0.39, 0.29) is 39.6 Å². The van der Waals surface area contributed by atoms with Crippen LogP contribution in [0.2, 0.25) is 5.02 Å². The summed E-state index contributed by atoms with van der Waals surface area (Å²) >= 11 is 5.90. The molecule has 0 aliphatic rings. The molecule has 0 unspecified atom stereocenters. The Labute approximate surface area is 190 Å². The minimum atomic E-state index is -1.19. The summed E-state index contributed by atoms with van der Waals surface area (Å²) in [5, 5.41) is 18.1. The van der Waals surface area contributed by atoms with E-state index in [0.717, 1.165) is 0 Å². The van der Waals surface area contributed by atoms with Gasteiger partial charge in [-0.1, -0.05) is 23.7 Å². The number of nitrogens with zero attached hydrogens (tertiary/aromatic N) is 2. The van der Waals surface area contributed by atoms with Crippen molar-refractivity contribution >= 4 is 29.2 Å². The molecule has 2 aromatic heterocycles. The summed E-state index contributed by atoms with van der Waals surface area (Å²) in [6, 6.07) is 6.89. The maximum Gasteiger partial charge on any atom is 0.337 e. The lowest BCUT2D eigenvalue weighted by atomic mass is 10.0. The number of aryl methyl sites for hydroxylation is 1. The summed E-state index contributed by atoms with van der Waals surface area (Å²) in [7, 11) is 0. The number of halogens is 3. The zero-order valence-corrected chi connectivity index (χ0v) is 17.8. The number of carbonyl (C=O) groups excluding carboxylic acids is 1. The first kappa shape index (κ1) is 22.2. The van der Waals surface area contributed by atoms with Crippen molar-refractivity contribution < 1.29 is 23.5 Å². The molecule has 0 atom stereocenters. The van der Waals surface area contributed by atoms with Crippen LogP contribution < -0.4 is 5.32 Å². The van der Waals surface area contributed by atoms with Gasteiger partial charge in [-0.2, -0.15) is 5.10 Å². The van der Waals surface area contributed by atoms with Gasteiger partial charge in [0.05, 0.1) is 16.3 Å². The molecule has 2 aromatic carbocycles. The molecule has 2 heterocycles. The number of aromatic nitrogens is 4. The third-order valence-electron chi connectivity index (χ3n) is 4.97. The Kier molecular flexibility index (Phi) is 5.93. The van der Waals surface area contributed by atoms with E-state index < -0.39 is 23.5 Å². The zero-order chi connectivity index (χ0) is 23.7. The summed E-state index contributed by atoms with van der Waals surface area (Å²) < 4.78 is 29.3. The highest BCUT2D eigenvalue weighted by molar-refractivity contribution is 6.33. The van der Waals surface area contributed by atoms with Crippen LogP contribution in [0.25, 0.3) is 11.1 Å². The van der Waals surface area contributed by atoms with Crippen LogP contribution in [-0.4, -0.2) is 37.1 Å². The molecular formula is C22H16ClF2N5O3. The molecule has 4 N–H and O–H groups in total. The Morgan fingerprint density at radius 3 is 2.61 bits per heavy atom. The smallest absolute Gasteiger partial charge is 0.337 e. The quantitative estimate of drug-likeness (QED) is 0.327. The molecule has 1 amide bonds. The monoisotopic (exact) mass is 471 g/mol. The fourth-order valence-electron chi connectivity index (χ4n) is 3.29. The molecule has 33 heavy (non-hydrogen) atoms. The molecule has 168 valence electrons. The van der Waals surface area contributed by atoms with Crippen molar-refractivity contribution in [3.63, 3.8) is 0 Å². The van der Waals surface area contributed by atoms with Gasteiger partial charge >= 0.3 is 5.97 Å². The first-order valence-corrected chi connectivity index (χ1v) is 9.98. The lowest BCUT2D eigenvalue weighted by molar-refractivity contribution is 0.0697. The van der Waals surface area contributed by atoms with Gasteiger partial charge in [0.1, 0.15) is 0 Å². The Morgan fingerprint density at radius 1 is 1.15 bits per heavy atom. The first-order chi connectivity index (χ1) is 15.7. The molecular weight excluding hydrogens is 456 g/mol. The third-order valence-corrected chi connectivity index (χ3v) is 5.28. The van der Waals surface area contributed by atoms with Crippen molar-refractivity contribution in [2.75, 3.05) is 5.32 Å². The number of nitrogens with one attached hydrogen (secondary N) is 3. The van der Waals surface area contributed by atoms with Crippen LogP contribution in [-0.2, 0) is 6.42 Å². The molecule has 0 fully saturated rings. The van der Waals surface area contributed by atoms with Crippen molar-refractivity contribution in [3.05, 3.63) is 87.7 Å². The number of hydrogen-bond acceptors (Lipinski definition) is 4. The SMILES string of the molecule is Cc1n[nH]cc1-c1ccc(Cc2cnc(C(=O)Nc3ccc(C(=O)O)c(Cl)c3)[nH]2)c(F)c1F. The van der Waals surface area contributed by atoms with Gasteiger partial charge in [0, 0.05) is 41.3 Å². The number of H-pyrrole nitrogens is 2. The van der Waals surface area contributed by atoms with Gasteiger partial charge in [0.15, 0.2) is 17.5 Å². The number of carboxylic acid groups (broad SMARTS) is 1. The highest BCUT2D eigenvalue weighted by Crippen LogP contribution is 2.28. The van der Waals surface area contributed by atoms with Crippen molar-refractivity contribution in [2.45, 2.75) is 13.3 Å². The van der Waals surface area contributed by atoms with Crippen molar-refractivity contribution in [2.24, 2.45) is 0 Å². The van der Waals surface area contributed by atoms with Crippen LogP contribution in [0.15, 0.2) is 42.7 Å². The van der Waals surface area contributed by atoms with Crippen molar-refractivity contribution in [1.29, 1.82) is 0 Å². The number of anilines is 1. The predicted molar refractivity (Wildman–Crippen MR) is 116 cm³/mol. The van der Waals surface area contributed by atoms with Crippen LogP contribution in [0.5, 0.6) is 0 Å². The summed E-state index contributed by atoms with van der Waals surface area (Å²) in [6.45, 7) is 1.68.